The first-order valence-electron chi connectivity index (χ1n) is 7.89. The van der Waals surface area contributed by atoms with E-state index in [0.29, 0.717) is 18.4 Å². The number of hydrogen-bond acceptors (Lipinski definition) is 2. The lowest BCUT2D eigenvalue weighted by Gasteiger charge is -2.10. The third-order valence-electron chi connectivity index (χ3n) is 3.59. The zero-order chi connectivity index (χ0) is 15.1. The van der Waals surface area contributed by atoms with Crippen LogP contribution in [0.15, 0.2) is 29.3 Å². The molecule has 2 rings (SSSR count). The Morgan fingerprint density at radius 2 is 2.14 bits per heavy atom. The van der Waals surface area contributed by atoms with Crippen LogP contribution in [-0.4, -0.2) is 19.1 Å². The SMILES string of the molecule is CC(C)CCNC(N)=NCc1ccccc1OCC1CC1. The molecule has 0 saturated heterocycles. The van der Waals surface area contributed by atoms with E-state index in [1.54, 1.807) is 0 Å². The standard InChI is InChI=1S/C17H27N3O/c1-13(2)9-10-19-17(18)20-11-15-5-3-4-6-16(15)21-12-14-7-8-14/h3-6,13-14H,7-12H2,1-2H3,(H3,18,19,20). The van der Waals surface area contributed by atoms with Crippen molar-refractivity contribution < 1.29 is 4.74 Å². The van der Waals surface area contributed by atoms with Crippen molar-refractivity contribution in [2.45, 2.75) is 39.7 Å². The Morgan fingerprint density at radius 3 is 2.86 bits per heavy atom. The number of hydrogen-bond donors (Lipinski definition) is 2. The Kier molecular flexibility index (Phi) is 5.90. The van der Waals surface area contributed by atoms with E-state index in [1.807, 2.05) is 24.3 Å². The Bertz CT molecular complexity index is 467. The van der Waals surface area contributed by atoms with Gasteiger partial charge in [-0.25, -0.2) is 4.99 Å². The zero-order valence-corrected chi connectivity index (χ0v) is 13.1. The third kappa shape index (κ3) is 6.06. The normalized spacial score (nSPS) is 15.3. The largest absolute Gasteiger partial charge is 0.493 e. The number of rotatable bonds is 8. The highest BCUT2D eigenvalue weighted by Crippen LogP contribution is 2.30. The maximum Gasteiger partial charge on any atom is 0.188 e. The summed E-state index contributed by atoms with van der Waals surface area (Å²) in [5, 5.41) is 3.15. The molecular weight excluding hydrogens is 262 g/mol. The molecule has 0 amide bonds. The molecule has 1 saturated carbocycles. The average Bonchev–Trinajstić information content (AvgIpc) is 3.27. The summed E-state index contributed by atoms with van der Waals surface area (Å²) in [4.78, 5) is 4.40. The summed E-state index contributed by atoms with van der Waals surface area (Å²) >= 11 is 0. The fourth-order valence-corrected chi connectivity index (χ4v) is 1.98. The van der Waals surface area contributed by atoms with Crippen molar-refractivity contribution in [3.05, 3.63) is 29.8 Å². The molecule has 1 aromatic rings. The fourth-order valence-electron chi connectivity index (χ4n) is 1.98. The molecular formula is C17H27N3O. The predicted molar refractivity (Wildman–Crippen MR) is 87.4 cm³/mol. The highest BCUT2D eigenvalue weighted by atomic mass is 16.5. The van der Waals surface area contributed by atoms with Crippen LogP contribution < -0.4 is 15.8 Å². The Morgan fingerprint density at radius 1 is 1.38 bits per heavy atom. The molecule has 4 heteroatoms. The molecule has 1 aliphatic carbocycles. The van der Waals surface area contributed by atoms with Crippen LogP contribution in [0.2, 0.25) is 0 Å². The molecule has 1 aromatic carbocycles. The van der Waals surface area contributed by atoms with E-state index in [-0.39, 0.29) is 0 Å². The lowest BCUT2D eigenvalue weighted by molar-refractivity contribution is 0.297. The molecule has 0 spiro atoms. The second-order valence-corrected chi connectivity index (χ2v) is 6.17. The summed E-state index contributed by atoms with van der Waals surface area (Å²) in [6, 6.07) is 8.07. The third-order valence-corrected chi connectivity index (χ3v) is 3.59. The molecule has 1 aliphatic rings. The molecule has 0 heterocycles. The first kappa shape index (κ1) is 15.7. The number of nitrogens with two attached hydrogens (primary N) is 1. The molecule has 116 valence electrons. The van der Waals surface area contributed by atoms with Gasteiger partial charge in [-0.2, -0.15) is 0 Å². The highest BCUT2D eigenvalue weighted by Gasteiger charge is 2.22. The number of guanidine groups is 1. The van der Waals surface area contributed by atoms with E-state index in [1.165, 1.54) is 12.8 Å². The van der Waals surface area contributed by atoms with Crippen LogP contribution in [0.4, 0.5) is 0 Å². The molecule has 1 fully saturated rings. The number of para-hydroxylation sites is 1. The summed E-state index contributed by atoms with van der Waals surface area (Å²) in [5.74, 6) is 2.86. The van der Waals surface area contributed by atoms with Gasteiger partial charge in [0.25, 0.3) is 0 Å². The molecule has 0 aromatic heterocycles. The second kappa shape index (κ2) is 7.91. The van der Waals surface area contributed by atoms with Gasteiger partial charge in [-0.05, 0) is 37.2 Å². The lowest BCUT2D eigenvalue weighted by atomic mass is 10.1. The van der Waals surface area contributed by atoms with Crippen molar-refractivity contribution in [3.63, 3.8) is 0 Å². The van der Waals surface area contributed by atoms with E-state index < -0.39 is 0 Å². The van der Waals surface area contributed by atoms with Gasteiger partial charge < -0.3 is 15.8 Å². The number of benzene rings is 1. The van der Waals surface area contributed by atoms with Gasteiger partial charge in [-0.1, -0.05) is 32.0 Å². The Balaban J connectivity index is 1.82. The smallest absolute Gasteiger partial charge is 0.188 e. The van der Waals surface area contributed by atoms with Crippen molar-refractivity contribution in [2.24, 2.45) is 22.6 Å². The monoisotopic (exact) mass is 289 g/mol. The summed E-state index contributed by atoms with van der Waals surface area (Å²) in [6.07, 6.45) is 3.69. The van der Waals surface area contributed by atoms with Crippen molar-refractivity contribution in [3.8, 4) is 5.75 Å². The zero-order valence-electron chi connectivity index (χ0n) is 13.1. The fraction of sp³-hybridized carbons (Fsp3) is 0.588. The van der Waals surface area contributed by atoms with Crippen molar-refractivity contribution >= 4 is 5.96 Å². The first-order chi connectivity index (χ1) is 10.1. The van der Waals surface area contributed by atoms with Crippen LogP contribution in [-0.2, 0) is 6.54 Å². The van der Waals surface area contributed by atoms with E-state index in [4.69, 9.17) is 10.5 Å². The van der Waals surface area contributed by atoms with Crippen LogP contribution in [0.5, 0.6) is 5.75 Å². The quantitative estimate of drug-likeness (QED) is 0.571. The summed E-state index contributed by atoms with van der Waals surface area (Å²) in [5.41, 5.74) is 6.98. The minimum atomic E-state index is 0.507. The topological polar surface area (TPSA) is 59.6 Å². The van der Waals surface area contributed by atoms with E-state index in [2.05, 4.69) is 24.2 Å². The molecule has 0 unspecified atom stereocenters. The maximum atomic E-state index is 5.89. The minimum Gasteiger partial charge on any atom is -0.493 e. The van der Waals surface area contributed by atoms with Gasteiger partial charge in [0, 0.05) is 12.1 Å². The van der Waals surface area contributed by atoms with Gasteiger partial charge in [-0.15, -0.1) is 0 Å². The highest BCUT2D eigenvalue weighted by molar-refractivity contribution is 5.77. The summed E-state index contributed by atoms with van der Waals surface area (Å²) in [7, 11) is 0. The maximum absolute atomic E-state index is 5.89. The predicted octanol–water partition coefficient (Wildman–Crippen LogP) is 2.93. The molecule has 21 heavy (non-hydrogen) atoms. The van der Waals surface area contributed by atoms with Crippen molar-refractivity contribution in [1.82, 2.24) is 5.32 Å². The van der Waals surface area contributed by atoms with E-state index in [0.717, 1.165) is 36.8 Å². The minimum absolute atomic E-state index is 0.507. The molecule has 0 radical (unpaired) electrons. The molecule has 4 nitrogen and oxygen atoms in total. The van der Waals surface area contributed by atoms with E-state index >= 15 is 0 Å². The molecule has 0 bridgehead atoms. The Hall–Kier alpha value is -1.71. The second-order valence-electron chi connectivity index (χ2n) is 6.17. The van der Waals surface area contributed by atoms with Crippen LogP contribution in [0, 0.1) is 11.8 Å². The number of ether oxygens (including phenoxy) is 1. The lowest BCUT2D eigenvalue weighted by Crippen LogP contribution is -2.32. The molecule has 0 atom stereocenters. The number of nitrogens with zero attached hydrogens (tertiary/aromatic N) is 1. The van der Waals surface area contributed by atoms with E-state index in [9.17, 15) is 0 Å². The average molecular weight is 289 g/mol. The van der Waals surface area contributed by atoms with Crippen molar-refractivity contribution in [1.29, 1.82) is 0 Å². The van der Waals surface area contributed by atoms with Crippen LogP contribution in [0.25, 0.3) is 0 Å². The number of nitrogens with one attached hydrogen (secondary N) is 1. The van der Waals surface area contributed by atoms with Gasteiger partial charge in [0.15, 0.2) is 5.96 Å². The van der Waals surface area contributed by atoms with Gasteiger partial charge in [0.2, 0.25) is 0 Å². The van der Waals surface area contributed by atoms with Gasteiger partial charge >= 0.3 is 0 Å². The van der Waals surface area contributed by atoms with Gasteiger partial charge in [0.05, 0.1) is 13.2 Å². The van der Waals surface area contributed by atoms with Gasteiger partial charge in [0.1, 0.15) is 5.75 Å². The summed E-state index contributed by atoms with van der Waals surface area (Å²) < 4.78 is 5.88. The van der Waals surface area contributed by atoms with Crippen LogP contribution in [0.3, 0.4) is 0 Å². The summed E-state index contributed by atoms with van der Waals surface area (Å²) in [6.45, 7) is 6.64. The van der Waals surface area contributed by atoms with Crippen LogP contribution in [0.1, 0.15) is 38.7 Å². The Labute approximate surface area is 127 Å². The molecule has 0 aliphatic heterocycles. The number of aliphatic imine (C=N–C) groups is 1. The van der Waals surface area contributed by atoms with Gasteiger partial charge in [-0.3, -0.25) is 0 Å². The van der Waals surface area contributed by atoms with Crippen molar-refractivity contribution in [2.75, 3.05) is 13.2 Å². The van der Waals surface area contributed by atoms with Crippen LogP contribution >= 0.6 is 0 Å². The first-order valence-corrected chi connectivity index (χ1v) is 7.89. The molecule has 3 N–H and O–H groups in total.